The van der Waals surface area contributed by atoms with Crippen molar-refractivity contribution in [3.8, 4) is 0 Å². The van der Waals surface area contributed by atoms with Crippen LogP contribution in [0.15, 0.2) is 12.7 Å². The predicted molar refractivity (Wildman–Crippen MR) is 64.5 cm³/mol. The van der Waals surface area contributed by atoms with Crippen molar-refractivity contribution >= 4 is 11.2 Å². The topological polar surface area (TPSA) is 59.5 Å². The van der Waals surface area contributed by atoms with Crippen molar-refractivity contribution in [2.75, 3.05) is 0 Å². The van der Waals surface area contributed by atoms with Crippen molar-refractivity contribution < 1.29 is 0 Å². The van der Waals surface area contributed by atoms with Crippen LogP contribution in [-0.4, -0.2) is 19.1 Å². The Bertz CT molecular complexity index is 588. The molecule has 5 nitrogen and oxygen atoms in total. The summed E-state index contributed by atoms with van der Waals surface area (Å²) in [6, 6.07) is 0.522. The Kier molecular flexibility index (Phi) is 2.46. The molecule has 1 fully saturated rings. The van der Waals surface area contributed by atoms with E-state index in [1.54, 1.807) is 10.9 Å². The first kappa shape index (κ1) is 10.5. The van der Waals surface area contributed by atoms with E-state index in [9.17, 15) is 0 Å². The van der Waals surface area contributed by atoms with Crippen molar-refractivity contribution in [2.24, 2.45) is 7.05 Å². The maximum atomic E-state index is 7.96. The quantitative estimate of drug-likeness (QED) is 0.813. The fraction of sp³-hybridized carbons (Fsp3) is 0.583. The lowest BCUT2D eigenvalue weighted by Gasteiger charge is -2.23. The zero-order valence-electron chi connectivity index (χ0n) is 10.1. The van der Waals surface area contributed by atoms with Crippen molar-refractivity contribution in [1.29, 1.82) is 5.41 Å². The van der Waals surface area contributed by atoms with Crippen molar-refractivity contribution in [3.63, 3.8) is 0 Å². The predicted octanol–water partition coefficient (Wildman–Crippen LogP) is 1.75. The molecule has 1 aliphatic carbocycles. The van der Waals surface area contributed by atoms with Gasteiger partial charge in [-0.05, 0) is 12.8 Å². The number of nitrogens with one attached hydrogen (secondary N) is 1. The number of fused-ring (bicyclic) bond motifs is 1. The molecule has 0 spiro atoms. The molecule has 1 saturated carbocycles. The summed E-state index contributed by atoms with van der Waals surface area (Å²) in [7, 11) is 1.83. The highest BCUT2D eigenvalue weighted by atomic mass is 15.2. The van der Waals surface area contributed by atoms with E-state index in [4.69, 9.17) is 5.41 Å². The second-order valence-corrected chi connectivity index (χ2v) is 4.82. The van der Waals surface area contributed by atoms with Crippen LogP contribution in [0, 0.1) is 5.41 Å². The Morgan fingerprint density at radius 2 is 1.94 bits per heavy atom. The van der Waals surface area contributed by atoms with Gasteiger partial charge >= 0.3 is 0 Å². The van der Waals surface area contributed by atoms with Crippen LogP contribution in [0.3, 0.4) is 0 Å². The average Bonchev–Trinajstić information content (AvgIpc) is 2.79. The summed E-state index contributed by atoms with van der Waals surface area (Å²) in [6.45, 7) is 0. The summed E-state index contributed by atoms with van der Waals surface area (Å²) in [5.74, 6) is 0. The molecule has 0 saturated heterocycles. The van der Waals surface area contributed by atoms with Gasteiger partial charge in [-0.25, -0.2) is 9.97 Å². The lowest BCUT2D eigenvalue weighted by molar-refractivity contribution is 0.358. The van der Waals surface area contributed by atoms with Crippen LogP contribution in [0.4, 0.5) is 0 Å². The molecule has 17 heavy (non-hydrogen) atoms. The molecule has 3 rings (SSSR count). The van der Waals surface area contributed by atoms with Crippen LogP contribution in [0.2, 0.25) is 0 Å². The third-order valence-electron chi connectivity index (χ3n) is 3.67. The molecule has 0 unspecified atom stereocenters. The van der Waals surface area contributed by atoms with Gasteiger partial charge in [-0.3, -0.25) is 5.41 Å². The first-order chi connectivity index (χ1) is 8.27. The van der Waals surface area contributed by atoms with E-state index >= 15 is 0 Å². The molecule has 5 heteroatoms. The molecular weight excluding hydrogens is 214 g/mol. The molecule has 1 N–H and O–H groups in total. The molecule has 2 aromatic heterocycles. The smallest absolute Gasteiger partial charge is 0.165 e. The Morgan fingerprint density at radius 1 is 1.18 bits per heavy atom. The van der Waals surface area contributed by atoms with Crippen LogP contribution in [0.25, 0.3) is 11.2 Å². The van der Waals surface area contributed by atoms with Crippen LogP contribution >= 0.6 is 0 Å². The first-order valence-corrected chi connectivity index (χ1v) is 6.20. The minimum absolute atomic E-state index is 0.435. The number of aromatic nitrogens is 4. The normalized spacial score (nSPS) is 17.7. The number of rotatable bonds is 1. The summed E-state index contributed by atoms with van der Waals surface area (Å²) in [4.78, 5) is 8.77. The minimum Gasteiger partial charge on any atom is -0.319 e. The van der Waals surface area contributed by atoms with Gasteiger partial charge in [0.25, 0.3) is 0 Å². The van der Waals surface area contributed by atoms with E-state index < -0.39 is 0 Å². The summed E-state index contributed by atoms with van der Waals surface area (Å²) < 4.78 is 3.85. The Balaban J connectivity index is 2.12. The Labute approximate surface area is 99.6 Å². The van der Waals surface area contributed by atoms with E-state index in [0.717, 1.165) is 5.65 Å². The van der Waals surface area contributed by atoms with Gasteiger partial charge in [0, 0.05) is 13.1 Å². The second-order valence-electron chi connectivity index (χ2n) is 4.82. The largest absolute Gasteiger partial charge is 0.319 e. The number of aryl methyl sites for hydroxylation is 1. The maximum Gasteiger partial charge on any atom is 0.165 e. The molecule has 0 aromatic carbocycles. The standard InChI is InChI=1S/C12H17N5/c1-16-7-15-12-10(11(16)13)14-8-17(12)9-5-3-2-4-6-9/h7-9,13H,2-6H2,1H3. The second kappa shape index (κ2) is 3.98. The van der Waals surface area contributed by atoms with Gasteiger partial charge in [-0.2, -0.15) is 0 Å². The fourth-order valence-electron chi connectivity index (χ4n) is 2.64. The van der Waals surface area contributed by atoms with Crippen LogP contribution in [0.1, 0.15) is 38.1 Å². The molecule has 0 aliphatic heterocycles. The Morgan fingerprint density at radius 3 is 2.71 bits per heavy atom. The van der Waals surface area contributed by atoms with E-state index in [-0.39, 0.29) is 0 Å². The monoisotopic (exact) mass is 231 g/mol. The van der Waals surface area contributed by atoms with Gasteiger partial charge in [0.2, 0.25) is 0 Å². The van der Waals surface area contributed by atoms with Gasteiger partial charge in [-0.1, -0.05) is 19.3 Å². The maximum absolute atomic E-state index is 7.96. The van der Waals surface area contributed by atoms with Gasteiger partial charge in [0.05, 0.1) is 12.7 Å². The first-order valence-electron chi connectivity index (χ1n) is 6.20. The number of imidazole rings is 1. The highest BCUT2D eigenvalue weighted by molar-refractivity contribution is 5.68. The molecule has 1 aliphatic rings. The zero-order valence-corrected chi connectivity index (χ0v) is 10.1. The SMILES string of the molecule is Cn1cnc2c(ncn2C2CCCCC2)c1=N. The molecule has 2 aromatic rings. The van der Waals surface area contributed by atoms with Gasteiger partial charge < -0.3 is 9.13 Å². The van der Waals surface area contributed by atoms with Crippen LogP contribution < -0.4 is 5.49 Å². The Hall–Kier alpha value is -1.65. The molecule has 0 bridgehead atoms. The highest BCUT2D eigenvalue weighted by Crippen LogP contribution is 2.29. The van der Waals surface area contributed by atoms with E-state index in [1.165, 1.54) is 32.1 Å². The molecule has 0 amide bonds. The number of hydrogen-bond donors (Lipinski definition) is 1. The molecule has 90 valence electrons. The average molecular weight is 231 g/mol. The number of hydrogen-bond acceptors (Lipinski definition) is 3. The molecular formula is C12H17N5. The van der Waals surface area contributed by atoms with Crippen molar-refractivity contribution in [1.82, 2.24) is 19.1 Å². The van der Waals surface area contributed by atoms with E-state index in [1.807, 2.05) is 13.4 Å². The lowest BCUT2D eigenvalue weighted by atomic mass is 9.95. The molecule has 2 heterocycles. The lowest BCUT2D eigenvalue weighted by Crippen LogP contribution is -2.19. The van der Waals surface area contributed by atoms with Gasteiger partial charge in [0.15, 0.2) is 11.1 Å². The summed E-state index contributed by atoms with van der Waals surface area (Å²) in [6.07, 6.45) is 9.90. The minimum atomic E-state index is 0.435. The third-order valence-corrected chi connectivity index (χ3v) is 3.67. The van der Waals surface area contributed by atoms with Gasteiger partial charge in [-0.15, -0.1) is 0 Å². The summed E-state index contributed by atoms with van der Waals surface area (Å²) in [5.41, 5.74) is 2.00. The summed E-state index contributed by atoms with van der Waals surface area (Å²) >= 11 is 0. The fourth-order valence-corrected chi connectivity index (χ4v) is 2.64. The number of nitrogens with zero attached hydrogens (tertiary/aromatic N) is 4. The third kappa shape index (κ3) is 1.66. The van der Waals surface area contributed by atoms with Crippen molar-refractivity contribution in [2.45, 2.75) is 38.1 Å². The highest BCUT2D eigenvalue weighted by Gasteiger charge is 2.18. The van der Waals surface area contributed by atoms with E-state index in [2.05, 4.69) is 14.5 Å². The molecule has 0 radical (unpaired) electrons. The van der Waals surface area contributed by atoms with E-state index in [0.29, 0.717) is 17.0 Å². The van der Waals surface area contributed by atoms with Crippen molar-refractivity contribution in [3.05, 3.63) is 18.1 Å². The van der Waals surface area contributed by atoms with Gasteiger partial charge in [0.1, 0.15) is 5.52 Å². The van der Waals surface area contributed by atoms with Crippen LogP contribution in [-0.2, 0) is 7.05 Å². The molecule has 0 atom stereocenters. The summed E-state index contributed by atoms with van der Waals surface area (Å²) in [5, 5.41) is 7.96. The van der Waals surface area contributed by atoms with Crippen LogP contribution in [0.5, 0.6) is 0 Å². The zero-order chi connectivity index (χ0) is 11.8.